The molecule has 0 unspecified atom stereocenters. The molecule has 0 bridgehead atoms. The molecule has 4 heteroatoms. The topological polar surface area (TPSA) is 59.6 Å². The molecular formula is C14H14BrN3. The van der Waals surface area contributed by atoms with Gasteiger partial charge in [0.25, 0.3) is 0 Å². The fourth-order valence-electron chi connectivity index (χ4n) is 1.38. The van der Waals surface area contributed by atoms with Crippen LogP contribution in [-0.4, -0.2) is 0 Å². The molecule has 0 aromatic heterocycles. The first-order valence-electron chi connectivity index (χ1n) is 5.60. The van der Waals surface area contributed by atoms with Crippen molar-refractivity contribution in [2.45, 2.75) is 26.2 Å². The molecule has 0 amide bonds. The molecule has 0 radical (unpaired) electrons. The highest BCUT2D eigenvalue weighted by Crippen LogP contribution is 2.27. The van der Waals surface area contributed by atoms with Crippen LogP contribution in [0.5, 0.6) is 0 Å². The monoisotopic (exact) mass is 303 g/mol. The van der Waals surface area contributed by atoms with Crippen LogP contribution in [0.15, 0.2) is 34.4 Å². The predicted molar refractivity (Wildman–Crippen MR) is 75.8 cm³/mol. The van der Waals surface area contributed by atoms with E-state index < -0.39 is 0 Å². The number of benzene rings is 1. The van der Waals surface area contributed by atoms with Crippen molar-refractivity contribution in [3.63, 3.8) is 0 Å². The summed E-state index contributed by atoms with van der Waals surface area (Å²) >= 11 is 3.49. The van der Waals surface area contributed by atoms with Crippen LogP contribution >= 0.6 is 15.9 Å². The molecule has 0 aliphatic heterocycles. The standard InChI is InChI=1S/C14H14BrN3/c1-10(2)12-3-4-14(13(15)7-12)18-9-11(8-17)5-6-16/h3-4,7,9-10,18H,5H2,1-2H3. The van der Waals surface area contributed by atoms with Crippen LogP contribution < -0.4 is 5.32 Å². The van der Waals surface area contributed by atoms with E-state index >= 15 is 0 Å². The van der Waals surface area contributed by atoms with Gasteiger partial charge in [0.05, 0.1) is 29.8 Å². The highest BCUT2D eigenvalue weighted by Gasteiger charge is 2.03. The number of allylic oxidation sites excluding steroid dienone is 1. The van der Waals surface area contributed by atoms with Gasteiger partial charge in [-0.1, -0.05) is 19.9 Å². The van der Waals surface area contributed by atoms with E-state index in [1.165, 1.54) is 5.56 Å². The van der Waals surface area contributed by atoms with Gasteiger partial charge in [0, 0.05) is 10.7 Å². The first-order valence-corrected chi connectivity index (χ1v) is 6.40. The Labute approximate surface area is 116 Å². The summed E-state index contributed by atoms with van der Waals surface area (Å²) in [7, 11) is 0. The molecule has 0 aliphatic carbocycles. The van der Waals surface area contributed by atoms with Crippen molar-refractivity contribution in [1.82, 2.24) is 0 Å². The van der Waals surface area contributed by atoms with E-state index in [2.05, 4.69) is 41.2 Å². The van der Waals surface area contributed by atoms with Crippen LogP contribution in [0, 0.1) is 22.7 Å². The zero-order chi connectivity index (χ0) is 13.5. The summed E-state index contributed by atoms with van der Waals surface area (Å²) in [5.41, 5.74) is 2.54. The van der Waals surface area contributed by atoms with Crippen LogP contribution in [0.25, 0.3) is 0 Å². The summed E-state index contributed by atoms with van der Waals surface area (Å²) in [5.74, 6) is 0.471. The lowest BCUT2D eigenvalue weighted by Crippen LogP contribution is -1.94. The number of nitrogens with one attached hydrogen (secondary N) is 1. The molecule has 0 saturated carbocycles. The van der Waals surface area contributed by atoms with Gasteiger partial charge < -0.3 is 5.32 Å². The molecule has 0 heterocycles. The molecule has 1 rings (SSSR count). The molecule has 1 N–H and O–H groups in total. The number of halogens is 1. The van der Waals surface area contributed by atoms with Crippen molar-refractivity contribution in [3.05, 3.63) is 40.0 Å². The average molecular weight is 304 g/mol. The predicted octanol–water partition coefficient (Wildman–Crippen LogP) is 4.31. The van der Waals surface area contributed by atoms with E-state index in [0.717, 1.165) is 10.2 Å². The Bertz CT molecular complexity index is 533. The highest BCUT2D eigenvalue weighted by atomic mass is 79.9. The Morgan fingerprint density at radius 3 is 2.67 bits per heavy atom. The Morgan fingerprint density at radius 2 is 2.17 bits per heavy atom. The van der Waals surface area contributed by atoms with E-state index in [1.807, 2.05) is 24.3 Å². The lowest BCUT2D eigenvalue weighted by atomic mass is 10.0. The molecule has 3 nitrogen and oxygen atoms in total. The van der Waals surface area contributed by atoms with Crippen LogP contribution in [0.2, 0.25) is 0 Å². The summed E-state index contributed by atoms with van der Waals surface area (Å²) < 4.78 is 0.944. The molecule has 0 atom stereocenters. The van der Waals surface area contributed by atoms with Gasteiger partial charge in [-0.05, 0) is 39.5 Å². The molecule has 0 fully saturated rings. The second-order valence-corrected chi connectivity index (χ2v) is 5.01. The van der Waals surface area contributed by atoms with E-state index in [4.69, 9.17) is 10.5 Å². The number of nitriles is 2. The lowest BCUT2D eigenvalue weighted by Gasteiger charge is -2.09. The van der Waals surface area contributed by atoms with Gasteiger partial charge in [-0.15, -0.1) is 0 Å². The number of rotatable bonds is 4. The number of nitrogens with zero attached hydrogens (tertiary/aromatic N) is 2. The lowest BCUT2D eigenvalue weighted by molar-refractivity contribution is 0.866. The summed E-state index contributed by atoms with van der Waals surface area (Å²) in [6, 6.07) is 9.99. The average Bonchev–Trinajstić information content (AvgIpc) is 2.35. The summed E-state index contributed by atoms with van der Waals surface area (Å²) in [6.07, 6.45) is 1.68. The zero-order valence-electron chi connectivity index (χ0n) is 10.4. The largest absolute Gasteiger partial charge is 0.360 e. The SMILES string of the molecule is CC(C)c1ccc(NC=C(C#N)CC#N)c(Br)c1. The Morgan fingerprint density at radius 1 is 1.44 bits per heavy atom. The van der Waals surface area contributed by atoms with E-state index in [9.17, 15) is 0 Å². The van der Waals surface area contributed by atoms with Crippen molar-refractivity contribution >= 4 is 21.6 Å². The first kappa shape index (κ1) is 14.3. The Kier molecular flexibility index (Phi) is 5.42. The van der Waals surface area contributed by atoms with Crippen molar-refractivity contribution in [1.29, 1.82) is 10.5 Å². The van der Waals surface area contributed by atoms with Gasteiger partial charge in [-0.3, -0.25) is 0 Å². The van der Waals surface area contributed by atoms with Crippen molar-refractivity contribution < 1.29 is 0 Å². The third-order valence-electron chi connectivity index (χ3n) is 2.47. The van der Waals surface area contributed by atoms with Gasteiger partial charge in [0.15, 0.2) is 0 Å². The molecule has 1 aromatic rings. The fraction of sp³-hybridized carbons (Fsp3) is 0.286. The van der Waals surface area contributed by atoms with E-state index in [1.54, 1.807) is 6.20 Å². The molecule has 18 heavy (non-hydrogen) atoms. The van der Waals surface area contributed by atoms with Crippen LogP contribution in [0.3, 0.4) is 0 Å². The molecule has 0 saturated heterocycles. The summed E-state index contributed by atoms with van der Waals surface area (Å²) in [4.78, 5) is 0. The van der Waals surface area contributed by atoms with Crippen LogP contribution in [0.1, 0.15) is 31.7 Å². The van der Waals surface area contributed by atoms with Crippen LogP contribution in [0.4, 0.5) is 5.69 Å². The summed E-state index contributed by atoms with van der Waals surface area (Å²) in [6.45, 7) is 4.27. The van der Waals surface area contributed by atoms with Gasteiger partial charge in [-0.25, -0.2) is 0 Å². The fourth-order valence-corrected chi connectivity index (χ4v) is 1.89. The second kappa shape index (κ2) is 6.83. The normalized spacial score (nSPS) is 10.9. The quantitative estimate of drug-likeness (QED) is 0.843. The second-order valence-electron chi connectivity index (χ2n) is 4.15. The zero-order valence-corrected chi connectivity index (χ0v) is 12.0. The number of anilines is 1. The van der Waals surface area contributed by atoms with Gasteiger partial charge in [0.1, 0.15) is 0 Å². The maximum absolute atomic E-state index is 8.80. The third kappa shape index (κ3) is 3.91. The van der Waals surface area contributed by atoms with Gasteiger partial charge in [-0.2, -0.15) is 10.5 Å². The first-order chi connectivity index (χ1) is 8.58. The minimum absolute atomic E-state index is 0.116. The summed E-state index contributed by atoms with van der Waals surface area (Å²) in [5, 5.41) is 20.4. The number of hydrogen-bond donors (Lipinski definition) is 1. The maximum atomic E-state index is 8.80. The third-order valence-corrected chi connectivity index (χ3v) is 3.13. The molecule has 1 aromatic carbocycles. The van der Waals surface area contributed by atoms with Crippen molar-refractivity contribution in [2.24, 2.45) is 0 Å². The minimum Gasteiger partial charge on any atom is -0.360 e. The highest BCUT2D eigenvalue weighted by molar-refractivity contribution is 9.10. The van der Waals surface area contributed by atoms with Crippen molar-refractivity contribution in [3.8, 4) is 12.1 Å². The van der Waals surface area contributed by atoms with Crippen molar-refractivity contribution in [2.75, 3.05) is 5.32 Å². The molecule has 92 valence electrons. The Hall–Kier alpha value is -1.78. The van der Waals surface area contributed by atoms with Gasteiger partial charge in [0.2, 0.25) is 0 Å². The molecule has 0 aliphatic rings. The van der Waals surface area contributed by atoms with E-state index in [0.29, 0.717) is 11.5 Å². The van der Waals surface area contributed by atoms with Crippen LogP contribution in [-0.2, 0) is 0 Å². The molecular weight excluding hydrogens is 290 g/mol. The van der Waals surface area contributed by atoms with E-state index in [-0.39, 0.29) is 6.42 Å². The smallest absolute Gasteiger partial charge is 0.0973 e. The Balaban J connectivity index is 2.87. The number of hydrogen-bond acceptors (Lipinski definition) is 3. The molecule has 0 spiro atoms. The minimum atomic E-state index is 0.116. The van der Waals surface area contributed by atoms with Gasteiger partial charge >= 0.3 is 0 Å². The maximum Gasteiger partial charge on any atom is 0.0973 e.